The summed E-state index contributed by atoms with van der Waals surface area (Å²) in [5.41, 5.74) is 8.25. The summed E-state index contributed by atoms with van der Waals surface area (Å²) < 4.78 is 23.7. The van der Waals surface area contributed by atoms with E-state index >= 15 is 0 Å². The maximum absolute atomic E-state index is 10.8. The van der Waals surface area contributed by atoms with Crippen molar-refractivity contribution in [3.63, 3.8) is 0 Å². The molecule has 6 heteroatoms. The van der Waals surface area contributed by atoms with E-state index in [1.165, 1.54) is 0 Å². The smallest absolute Gasteiger partial charge is 0.296 e. The van der Waals surface area contributed by atoms with E-state index < -0.39 is 10.2 Å². The summed E-state index contributed by atoms with van der Waals surface area (Å²) >= 11 is 0. The van der Waals surface area contributed by atoms with Crippen molar-refractivity contribution >= 4 is 21.6 Å². The van der Waals surface area contributed by atoms with Gasteiger partial charge in [0.25, 0.3) is 10.2 Å². The van der Waals surface area contributed by atoms with Crippen LogP contribution in [-0.2, 0) is 10.2 Å². The molecule has 0 unspecified atom stereocenters. The maximum atomic E-state index is 10.8. The second kappa shape index (κ2) is 3.47. The summed E-state index contributed by atoms with van der Waals surface area (Å²) in [5, 5.41) is 4.83. The number of nitrogen functional groups attached to an aromatic ring is 1. The summed E-state index contributed by atoms with van der Waals surface area (Å²) in [7, 11) is -3.76. The Morgan fingerprint density at radius 1 is 1.21 bits per heavy atom. The largest absolute Gasteiger partial charge is 0.397 e. The predicted octanol–water partition coefficient (Wildman–Crippen LogP) is 0.501. The van der Waals surface area contributed by atoms with Crippen LogP contribution < -0.4 is 15.6 Å². The summed E-state index contributed by atoms with van der Waals surface area (Å²) in [6, 6.07) is 3.35. The normalized spacial score (nSPS) is 11.4. The van der Waals surface area contributed by atoms with Gasteiger partial charge in [0.1, 0.15) is 0 Å². The fourth-order valence-corrected chi connectivity index (χ4v) is 1.56. The molecule has 0 spiro atoms. The molecule has 14 heavy (non-hydrogen) atoms. The van der Waals surface area contributed by atoms with Gasteiger partial charge in [-0.25, -0.2) is 5.14 Å². The molecule has 0 fully saturated rings. The highest BCUT2D eigenvalue weighted by molar-refractivity contribution is 7.90. The number of hydrogen-bond donors (Lipinski definition) is 3. The molecular formula is C8H13N3O2S. The molecule has 0 aliphatic heterocycles. The highest BCUT2D eigenvalue weighted by Gasteiger charge is 2.07. The van der Waals surface area contributed by atoms with E-state index in [9.17, 15) is 8.42 Å². The SMILES string of the molecule is Cc1cc(N)c(NS(N)(=O)=O)cc1C. The van der Waals surface area contributed by atoms with E-state index in [1.54, 1.807) is 12.1 Å². The van der Waals surface area contributed by atoms with Crippen molar-refractivity contribution in [1.29, 1.82) is 0 Å². The van der Waals surface area contributed by atoms with Gasteiger partial charge in [-0.15, -0.1) is 0 Å². The number of anilines is 2. The highest BCUT2D eigenvalue weighted by atomic mass is 32.2. The van der Waals surface area contributed by atoms with Crippen LogP contribution in [0.1, 0.15) is 11.1 Å². The van der Waals surface area contributed by atoms with Gasteiger partial charge in [-0.1, -0.05) is 0 Å². The number of benzene rings is 1. The first-order valence-electron chi connectivity index (χ1n) is 3.97. The van der Waals surface area contributed by atoms with Gasteiger partial charge in [0.05, 0.1) is 11.4 Å². The minimum atomic E-state index is -3.76. The van der Waals surface area contributed by atoms with Crippen molar-refractivity contribution in [1.82, 2.24) is 0 Å². The molecule has 1 aromatic carbocycles. The number of nitrogens with two attached hydrogens (primary N) is 2. The maximum Gasteiger partial charge on any atom is 0.296 e. The Morgan fingerprint density at radius 3 is 2.21 bits per heavy atom. The Morgan fingerprint density at radius 2 is 1.71 bits per heavy atom. The zero-order valence-corrected chi connectivity index (χ0v) is 8.85. The first-order chi connectivity index (χ1) is 6.29. The summed E-state index contributed by atoms with van der Waals surface area (Å²) in [6.07, 6.45) is 0. The second-order valence-electron chi connectivity index (χ2n) is 3.17. The number of aryl methyl sites for hydroxylation is 2. The average molecular weight is 215 g/mol. The fraction of sp³-hybridized carbons (Fsp3) is 0.250. The molecule has 0 aromatic heterocycles. The molecule has 78 valence electrons. The number of hydrogen-bond acceptors (Lipinski definition) is 3. The minimum absolute atomic E-state index is 0.315. The lowest BCUT2D eigenvalue weighted by Crippen LogP contribution is -2.22. The molecule has 5 N–H and O–H groups in total. The molecule has 0 saturated heterocycles. The number of rotatable bonds is 2. The Hall–Kier alpha value is -1.27. The van der Waals surface area contributed by atoms with E-state index in [4.69, 9.17) is 10.9 Å². The topological polar surface area (TPSA) is 98.2 Å². The van der Waals surface area contributed by atoms with Gasteiger partial charge >= 0.3 is 0 Å². The lowest BCUT2D eigenvalue weighted by molar-refractivity contribution is 0.603. The van der Waals surface area contributed by atoms with Gasteiger partial charge < -0.3 is 5.73 Å². The summed E-state index contributed by atoms with van der Waals surface area (Å²) in [5.74, 6) is 0. The Balaban J connectivity index is 3.17. The van der Waals surface area contributed by atoms with E-state index in [0.717, 1.165) is 11.1 Å². The summed E-state index contributed by atoms with van der Waals surface area (Å²) in [6.45, 7) is 3.76. The van der Waals surface area contributed by atoms with Crippen LogP contribution >= 0.6 is 0 Å². The van der Waals surface area contributed by atoms with E-state index in [2.05, 4.69) is 4.72 Å². The van der Waals surface area contributed by atoms with Gasteiger partial charge in [0.15, 0.2) is 0 Å². The zero-order chi connectivity index (χ0) is 10.9. The first kappa shape index (κ1) is 10.8. The monoisotopic (exact) mass is 215 g/mol. The second-order valence-corrected chi connectivity index (χ2v) is 4.46. The molecule has 5 nitrogen and oxygen atoms in total. The van der Waals surface area contributed by atoms with Crippen molar-refractivity contribution < 1.29 is 8.42 Å². The van der Waals surface area contributed by atoms with Gasteiger partial charge in [-0.05, 0) is 37.1 Å². The van der Waals surface area contributed by atoms with E-state index in [0.29, 0.717) is 11.4 Å². The molecule has 0 heterocycles. The fourth-order valence-electron chi connectivity index (χ4n) is 1.08. The molecule has 0 aliphatic rings. The standard InChI is InChI=1S/C8H13N3O2S/c1-5-3-7(9)8(4-6(5)2)11-14(10,12)13/h3-4,11H,9H2,1-2H3,(H2,10,12,13). The molecule has 0 saturated carbocycles. The van der Waals surface area contributed by atoms with Gasteiger partial charge in [0.2, 0.25) is 0 Å². The molecular weight excluding hydrogens is 202 g/mol. The van der Waals surface area contributed by atoms with Gasteiger partial charge in [-0.2, -0.15) is 8.42 Å². The predicted molar refractivity (Wildman–Crippen MR) is 57.1 cm³/mol. The molecule has 1 aromatic rings. The molecule has 0 atom stereocenters. The van der Waals surface area contributed by atoms with E-state index in [-0.39, 0.29) is 0 Å². The third-order valence-electron chi connectivity index (χ3n) is 1.92. The van der Waals surface area contributed by atoms with Crippen LogP contribution in [0.25, 0.3) is 0 Å². The molecule has 0 radical (unpaired) electrons. The van der Waals surface area contributed by atoms with Crippen molar-refractivity contribution in [3.8, 4) is 0 Å². The van der Waals surface area contributed by atoms with Gasteiger partial charge in [0, 0.05) is 0 Å². The molecule has 0 amide bonds. The Bertz CT molecular complexity index is 454. The zero-order valence-electron chi connectivity index (χ0n) is 8.03. The van der Waals surface area contributed by atoms with Crippen LogP contribution in [0.5, 0.6) is 0 Å². The molecule has 0 aliphatic carbocycles. The quantitative estimate of drug-likeness (QED) is 0.626. The lowest BCUT2D eigenvalue weighted by atomic mass is 10.1. The third-order valence-corrected chi connectivity index (χ3v) is 2.42. The van der Waals surface area contributed by atoms with Crippen molar-refractivity contribution in [2.45, 2.75) is 13.8 Å². The van der Waals surface area contributed by atoms with Crippen LogP contribution in [0, 0.1) is 13.8 Å². The van der Waals surface area contributed by atoms with Crippen LogP contribution in [-0.4, -0.2) is 8.42 Å². The highest BCUT2D eigenvalue weighted by Crippen LogP contribution is 2.23. The van der Waals surface area contributed by atoms with E-state index in [1.807, 2.05) is 13.8 Å². The van der Waals surface area contributed by atoms with Gasteiger partial charge in [-0.3, -0.25) is 4.72 Å². The third kappa shape index (κ3) is 2.61. The average Bonchev–Trinajstić information content (AvgIpc) is 1.97. The van der Waals surface area contributed by atoms with Crippen molar-refractivity contribution in [2.75, 3.05) is 10.5 Å². The first-order valence-corrected chi connectivity index (χ1v) is 5.51. The van der Waals surface area contributed by atoms with Crippen LogP contribution in [0.2, 0.25) is 0 Å². The molecule has 0 bridgehead atoms. The number of nitrogens with one attached hydrogen (secondary N) is 1. The van der Waals surface area contributed by atoms with Crippen LogP contribution in [0.15, 0.2) is 12.1 Å². The Labute approximate surface area is 83.3 Å². The molecule has 1 rings (SSSR count). The summed E-state index contributed by atoms with van der Waals surface area (Å²) in [4.78, 5) is 0. The minimum Gasteiger partial charge on any atom is -0.397 e. The van der Waals surface area contributed by atoms with Crippen LogP contribution in [0.3, 0.4) is 0 Å². The van der Waals surface area contributed by atoms with Crippen LogP contribution in [0.4, 0.5) is 11.4 Å². The lowest BCUT2D eigenvalue weighted by Gasteiger charge is -2.09. The van der Waals surface area contributed by atoms with Crippen molar-refractivity contribution in [2.24, 2.45) is 5.14 Å². The Kier molecular flexibility index (Phi) is 2.68. The van der Waals surface area contributed by atoms with Crippen molar-refractivity contribution in [3.05, 3.63) is 23.3 Å².